The summed E-state index contributed by atoms with van der Waals surface area (Å²) in [6.07, 6.45) is -0.952. The van der Waals surface area contributed by atoms with Crippen molar-refractivity contribution < 1.29 is 26.4 Å². The minimum absolute atomic E-state index is 0.0433. The maximum absolute atomic E-state index is 13.4. The fourth-order valence-corrected chi connectivity index (χ4v) is 4.23. The summed E-state index contributed by atoms with van der Waals surface area (Å²) < 4.78 is 67.7. The second-order valence-corrected chi connectivity index (χ2v) is 8.86. The molecular formula is C22H22F3N3O3S. The van der Waals surface area contributed by atoms with Crippen LogP contribution in [0, 0.1) is 0 Å². The lowest BCUT2D eigenvalue weighted by molar-refractivity contribution is -0.112. The van der Waals surface area contributed by atoms with Crippen LogP contribution in [0.4, 0.5) is 18.9 Å². The largest absolute Gasteiger partial charge is 0.417 e. The number of aliphatic imine (C=N–C) groups is 1. The molecule has 3 rings (SSSR count). The van der Waals surface area contributed by atoms with Crippen molar-refractivity contribution in [3.8, 4) is 0 Å². The lowest BCUT2D eigenvalue weighted by Gasteiger charge is -2.12. The molecule has 1 amide bonds. The summed E-state index contributed by atoms with van der Waals surface area (Å²) in [5, 5.41) is 2.33. The molecule has 0 radical (unpaired) electrons. The molecule has 0 atom stereocenters. The van der Waals surface area contributed by atoms with E-state index in [1.165, 1.54) is 48.5 Å². The van der Waals surface area contributed by atoms with E-state index in [0.717, 1.165) is 19.3 Å². The van der Waals surface area contributed by atoms with Crippen LogP contribution in [0.1, 0.15) is 31.2 Å². The monoisotopic (exact) mass is 465 g/mol. The molecule has 0 saturated heterocycles. The molecule has 2 N–H and O–H groups in total. The van der Waals surface area contributed by atoms with Gasteiger partial charge in [-0.2, -0.15) is 13.2 Å². The Morgan fingerprint density at radius 1 is 0.969 bits per heavy atom. The third kappa shape index (κ3) is 6.43. The van der Waals surface area contributed by atoms with Crippen molar-refractivity contribution in [3.63, 3.8) is 0 Å². The van der Waals surface area contributed by atoms with E-state index in [1.54, 1.807) is 6.07 Å². The predicted octanol–water partition coefficient (Wildman–Crippen LogP) is 4.52. The molecule has 0 spiro atoms. The topological polar surface area (TPSA) is 87.6 Å². The number of nitrogens with one attached hydrogen (secondary N) is 2. The molecule has 10 heteroatoms. The summed E-state index contributed by atoms with van der Waals surface area (Å²) in [7, 11) is -3.85. The van der Waals surface area contributed by atoms with Crippen LogP contribution in [-0.2, 0) is 14.8 Å². The van der Waals surface area contributed by atoms with E-state index < -0.39 is 27.7 Å². The molecule has 32 heavy (non-hydrogen) atoms. The van der Waals surface area contributed by atoms with Crippen LogP contribution < -0.4 is 10.0 Å². The molecule has 170 valence electrons. The Balaban J connectivity index is 1.72. The van der Waals surface area contributed by atoms with Gasteiger partial charge in [-0.05, 0) is 42.7 Å². The van der Waals surface area contributed by atoms with Crippen LogP contribution in [0.15, 0.2) is 70.6 Å². The first kappa shape index (κ1) is 23.5. The van der Waals surface area contributed by atoms with Gasteiger partial charge < -0.3 is 5.32 Å². The molecule has 2 aromatic carbocycles. The van der Waals surface area contributed by atoms with Gasteiger partial charge in [-0.15, -0.1) is 0 Å². The minimum Gasteiger partial charge on any atom is -0.322 e. The molecule has 1 heterocycles. The van der Waals surface area contributed by atoms with Gasteiger partial charge in [0, 0.05) is 24.7 Å². The van der Waals surface area contributed by atoms with Gasteiger partial charge in [0.15, 0.2) is 0 Å². The fourth-order valence-electron chi connectivity index (χ4n) is 3.14. The van der Waals surface area contributed by atoms with Crippen LogP contribution in [0.5, 0.6) is 0 Å². The zero-order chi connectivity index (χ0) is 23.2. The van der Waals surface area contributed by atoms with E-state index in [4.69, 9.17) is 0 Å². The van der Waals surface area contributed by atoms with Gasteiger partial charge in [-0.3, -0.25) is 14.5 Å². The van der Waals surface area contributed by atoms with Crippen LogP contribution >= 0.6 is 0 Å². The molecule has 1 aliphatic heterocycles. The molecular weight excluding hydrogens is 443 g/mol. The minimum atomic E-state index is -4.72. The van der Waals surface area contributed by atoms with E-state index in [-0.39, 0.29) is 16.1 Å². The highest BCUT2D eigenvalue weighted by Gasteiger charge is 2.35. The number of amidine groups is 1. The van der Waals surface area contributed by atoms with Gasteiger partial charge in [0.2, 0.25) is 5.91 Å². The van der Waals surface area contributed by atoms with Gasteiger partial charge in [-0.25, -0.2) is 8.42 Å². The molecule has 2 aromatic rings. The van der Waals surface area contributed by atoms with E-state index >= 15 is 0 Å². The number of rotatable bonds is 5. The first-order valence-corrected chi connectivity index (χ1v) is 11.4. The van der Waals surface area contributed by atoms with E-state index in [1.807, 2.05) is 0 Å². The lowest BCUT2D eigenvalue weighted by Crippen LogP contribution is -2.30. The van der Waals surface area contributed by atoms with Crippen molar-refractivity contribution in [2.75, 3.05) is 11.9 Å². The SMILES string of the molecule is O=C(/C=C(/c1ccccc1)C(F)(F)F)Nc1ccc(S(=O)(=O)NC2=NCCCCC2)cc1. The number of halogens is 3. The van der Waals surface area contributed by atoms with Gasteiger partial charge in [0.25, 0.3) is 10.0 Å². The second-order valence-electron chi connectivity index (χ2n) is 7.18. The number of nitrogens with zero attached hydrogens (tertiary/aromatic N) is 1. The average Bonchev–Trinajstić information content (AvgIpc) is 3.00. The van der Waals surface area contributed by atoms with Crippen molar-refractivity contribution in [2.24, 2.45) is 4.99 Å². The predicted molar refractivity (Wildman–Crippen MR) is 117 cm³/mol. The zero-order valence-corrected chi connectivity index (χ0v) is 17.8. The Hall–Kier alpha value is -3.14. The maximum atomic E-state index is 13.4. The van der Waals surface area contributed by atoms with Gasteiger partial charge >= 0.3 is 6.18 Å². The Labute approximate surface area is 184 Å². The third-order valence-electron chi connectivity index (χ3n) is 4.72. The summed E-state index contributed by atoms with van der Waals surface area (Å²) >= 11 is 0. The highest BCUT2D eigenvalue weighted by Crippen LogP contribution is 2.33. The number of carbonyl (C=O) groups is 1. The van der Waals surface area contributed by atoms with Gasteiger partial charge in [0.1, 0.15) is 5.84 Å². The first-order chi connectivity index (χ1) is 15.1. The number of amides is 1. The van der Waals surface area contributed by atoms with Gasteiger partial charge in [0.05, 0.1) is 10.5 Å². The molecule has 0 unspecified atom stereocenters. The standard InChI is InChI=1S/C22H22F3N3O3S/c23-22(24,25)19(16-7-3-1-4-8-16)15-21(29)27-17-10-12-18(13-11-17)32(30,31)28-20-9-5-2-6-14-26-20/h1,3-4,7-8,10-13,15H,2,5-6,9,14H2,(H,26,28)(H,27,29)/b19-15-. The number of hydrogen-bond acceptors (Lipinski definition) is 4. The molecule has 0 saturated carbocycles. The second kappa shape index (κ2) is 9.99. The number of benzene rings is 2. The van der Waals surface area contributed by atoms with Crippen molar-refractivity contribution in [3.05, 3.63) is 66.2 Å². The van der Waals surface area contributed by atoms with E-state index in [9.17, 15) is 26.4 Å². The number of hydrogen-bond donors (Lipinski definition) is 2. The van der Waals surface area contributed by atoms with Crippen LogP contribution in [0.3, 0.4) is 0 Å². The normalized spacial score (nSPS) is 15.5. The Kier molecular flexibility index (Phi) is 7.34. The molecule has 0 bridgehead atoms. The quantitative estimate of drug-likeness (QED) is 0.637. The Morgan fingerprint density at radius 2 is 1.66 bits per heavy atom. The highest BCUT2D eigenvalue weighted by molar-refractivity contribution is 7.90. The molecule has 1 aliphatic rings. The molecule has 0 aliphatic carbocycles. The average molecular weight is 465 g/mol. The number of sulfonamides is 1. The lowest BCUT2D eigenvalue weighted by atomic mass is 10.1. The summed E-state index contributed by atoms with van der Waals surface area (Å²) in [5.74, 6) is -0.576. The smallest absolute Gasteiger partial charge is 0.322 e. The Bertz CT molecular complexity index is 1110. The fraction of sp³-hybridized carbons (Fsp3) is 0.273. The maximum Gasteiger partial charge on any atom is 0.417 e. The first-order valence-electron chi connectivity index (χ1n) is 9.97. The van der Waals surface area contributed by atoms with Crippen LogP contribution in [0.2, 0.25) is 0 Å². The highest BCUT2D eigenvalue weighted by atomic mass is 32.2. The molecule has 0 fully saturated rings. The summed E-state index contributed by atoms with van der Waals surface area (Å²) in [4.78, 5) is 16.4. The number of carbonyl (C=O) groups excluding carboxylic acids is 1. The summed E-state index contributed by atoms with van der Waals surface area (Å²) in [5.41, 5.74) is -1.06. The van der Waals surface area contributed by atoms with Crippen LogP contribution in [-0.4, -0.2) is 32.9 Å². The van der Waals surface area contributed by atoms with E-state index in [2.05, 4.69) is 15.0 Å². The summed E-state index contributed by atoms with van der Waals surface area (Å²) in [6, 6.07) is 12.1. The van der Waals surface area contributed by atoms with Crippen molar-refractivity contribution in [1.29, 1.82) is 0 Å². The third-order valence-corrected chi connectivity index (χ3v) is 6.12. The number of allylic oxidation sites excluding steroid dienone is 1. The van der Waals surface area contributed by atoms with Crippen molar-refractivity contribution in [2.45, 2.75) is 36.8 Å². The van der Waals surface area contributed by atoms with Crippen molar-refractivity contribution >= 4 is 33.0 Å². The van der Waals surface area contributed by atoms with Crippen molar-refractivity contribution in [1.82, 2.24) is 4.72 Å². The summed E-state index contributed by atoms with van der Waals surface area (Å²) in [6.45, 7) is 0.569. The Morgan fingerprint density at radius 3 is 2.31 bits per heavy atom. The van der Waals surface area contributed by atoms with Gasteiger partial charge in [-0.1, -0.05) is 36.8 Å². The number of alkyl halides is 3. The molecule has 6 nitrogen and oxygen atoms in total. The molecule has 0 aromatic heterocycles. The zero-order valence-electron chi connectivity index (χ0n) is 17.0. The van der Waals surface area contributed by atoms with E-state index in [0.29, 0.717) is 24.9 Å². The number of anilines is 1. The van der Waals surface area contributed by atoms with Crippen LogP contribution in [0.25, 0.3) is 5.57 Å².